The molecule has 0 bridgehead atoms. The molecule has 5 unspecified atom stereocenters. The first-order chi connectivity index (χ1) is 23.1. The molecule has 8 rings (SSSR count). The second kappa shape index (κ2) is 12.0. The van der Waals surface area contributed by atoms with E-state index in [0.717, 1.165) is 31.9 Å². The first kappa shape index (κ1) is 29.5. The normalized spacial score (nSPS) is 20.9. The van der Waals surface area contributed by atoms with Crippen molar-refractivity contribution in [3.8, 4) is 17.6 Å². The number of hydrogen-bond donors (Lipinski definition) is 2. The number of benzene rings is 5. The number of fused-ring (bicyclic) bond motifs is 9. The molecule has 5 aromatic carbocycles. The van der Waals surface area contributed by atoms with Crippen molar-refractivity contribution in [2.24, 2.45) is 5.92 Å². The third kappa shape index (κ3) is 4.91. The molecular formula is C42H32IN3O. The van der Waals surface area contributed by atoms with Crippen molar-refractivity contribution in [3.05, 3.63) is 195 Å². The molecule has 47 heavy (non-hydrogen) atoms. The Labute approximate surface area is 289 Å². The molecule has 1 spiro atoms. The monoisotopic (exact) mass is 721 g/mol. The zero-order valence-electron chi connectivity index (χ0n) is 25.6. The number of rotatable bonds is 7. The molecule has 0 aromatic heterocycles. The first-order valence-electron chi connectivity index (χ1n) is 15.9. The topological polar surface area (TPSA) is 57.1 Å². The van der Waals surface area contributed by atoms with Crippen molar-refractivity contribution >= 4 is 28.3 Å². The van der Waals surface area contributed by atoms with E-state index in [9.17, 15) is 5.26 Å². The van der Waals surface area contributed by atoms with Gasteiger partial charge >= 0.3 is 0 Å². The number of ether oxygens (including phenoxy) is 1. The summed E-state index contributed by atoms with van der Waals surface area (Å²) >= 11 is 2.29. The average Bonchev–Trinajstić information content (AvgIpc) is 3.41. The molecule has 3 aliphatic rings. The van der Waals surface area contributed by atoms with E-state index in [1.807, 2.05) is 30.3 Å². The molecule has 0 saturated heterocycles. The van der Waals surface area contributed by atoms with E-state index < -0.39 is 0 Å². The Balaban J connectivity index is 1.21. The summed E-state index contributed by atoms with van der Waals surface area (Å²) in [6, 6.07) is 44.2. The van der Waals surface area contributed by atoms with Crippen molar-refractivity contribution in [2.75, 3.05) is 5.32 Å². The van der Waals surface area contributed by atoms with Crippen molar-refractivity contribution in [1.29, 1.82) is 5.26 Å². The van der Waals surface area contributed by atoms with Crippen molar-refractivity contribution in [3.63, 3.8) is 0 Å². The highest BCUT2D eigenvalue weighted by Gasteiger charge is 2.56. The lowest BCUT2D eigenvalue weighted by Gasteiger charge is -2.43. The minimum atomic E-state index is -0.373. The molecule has 5 atom stereocenters. The van der Waals surface area contributed by atoms with Gasteiger partial charge in [0.15, 0.2) is 0 Å². The Bertz CT molecular complexity index is 2100. The Morgan fingerprint density at radius 1 is 0.766 bits per heavy atom. The second-order valence-electron chi connectivity index (χ2n) is 12.3. The number of anilines is 1. The highest BCUT2D eigenvalue weighted by atomic mass is 127. The minimum absolute atomic E-state index is 0.150. The number of hydrogen-bond acceptors (Lipinski definition) is 4. The second-order valence-corrected chi connectivity index (χ2v) is 13.7. The molecule has 0 radical (unpaired) electrons. The molecule has 0 saturated carbocycles. The maximum Gasteiger partial charge on any atom is 0.133 e. The summed E-state index contributed by atoms with van der Waals surface area (Å²) in [7, 11) is 0. The lowest BCUT2D eigenvalue weighted by atomic mass is 9.62. The number of allylic oxidation sites excluding steroid dienone is 4. The van der Waals surface area contributed by atoms with E-state index in [2.05, 4.69) is 161 Å². The predicted octanol–water partition coefficient (Wildman–Crippen LogP) is 10.2. The molecule has 1 aliphatic heterocycles. The number of nitrogens with one attached hydrogen (secondary N) is 2. The molecule has 5 aromatic rings. The van der Waals surface area contributed by atoms with Gasteiger partial charge in [-0.25, -0.2) is 0 Å². The van der Waals surface area contributed by atoms with E-state index >= 15 is 0 Å². The van der Waals surface area contributed by atoms with Crippen LogP contribution in [0.1, 0.15) is 57.1 Å². The van der Waals surface area contributed by atoms with Crippen LogP contribution in [-0.2, 0) is 5.41 Å². The molecule has 228 valence electrons. The number of nitriles is 1. The third-order valence-corrected chi connectivity index (χ3v) is 10.4. The predicted molar refractivity (Wildman–Crippen MR) is 197 cm³/mol. The van der Waals surface area contributed by atoms with Crippen molar-refractivity contribution in [1.82, 2.24) is 5.32 Å². The van der Waals surface area contributed by atoms with Gasteiger partial charge < -0.3 is 10.1 Å². The molecule has 0 amide bonds. The number of nitrogens with zero attached hydrogens (tertiary/aromatic N) is 1. The van der Waals surface area contributed by atoms with Gasteiger partial charge in [-0.3, -0.25) is 5.32 Å². The molecular weight excluding hydrogens is 689 g/mol. The standard InChI is InChI=1S/C42H32IN3O/c1-27(43)40(29-21-19-28(26-44)20-22-29)46-41(30-11-3-2-4-12-30)45-31-23-24-37-39(25-31)47-38-18-10-9-17-36(38)42(37)34-15-7-5-13-32(34)33-14-6-8-16-35(33)42/h2-25,32,34,40-41,45-46H,1H2. The third-order valence-electron chi connectivity index (χ3n) is 9.78. The Morgan fingerprint density at radius 3 is 2.26 bits per heavy atom. The molecule has 1 heterocycles. The van der Waals surface area contributed by atoms with Crippen LogP contribution in [0.25, 0.3) is 0 Å². The van der Waals surface area contributed by atoms with Gasteiger partial charge in [0.2, 0.25) is 0 Å². The Hall–Kier alpha value is -4.90. The smallest absolute Gasteiger partial charge is 0.133 e. The first-order valence-corrected chi connectivity index (χ1v) is 16.9. The van der Waals surface area contributed by atoms with E-state index in [4.69, 9.17) is 4.74 Å². The van der Waals surface area contributed by atoms with E-state index in [0.29, 0.717) is 11.5 Å². The largest absolute Gasteiger partial charge is 0.457 e. The van der Waals surface area contributed by atoms with Crippen LogP contribution in [0, 0.1) is 17.2 Å². The Morgan fingerprint density at radius 2 is 1.47 bits per heavy atom. The molecule has 2 aliphatic carbocycles. The number of halogens is 1. The molecule has 0 fully saturated rings. The lowest BCUT2D eigenvalue weighted by molar-refractivity contribution is 0.374. The summed E-state index contributed by atoms with van der Waals surface area (Å²) in [6.45, 7) is 4.30. The van der Waals surface area contributed by atoms with Gasteiger partial charge in [0.25, 0.3) is 0 Å². The van der Waals surface area contributed by atoms with Gasteiger partial charge in [-0.15, -0.1) is 0 Å². The van der Waals surface area contributed by atoms with Crippen LogP contribution >= 0.6 is 22.6 Å². The quantitative estimate of drug-likeness (QED) is 0.130. The maximum absolute atomic E-state index is 9.33. The molecule has 5 heteroatoms. The number of para-hydroxylation sites is 1. The summed E-state index contributed by atoms with van der Waals surface area (Å²) < 4.78 is 7.70. The zero-order chi connectivity index (χ0) is 32.0. The zero-order valence-corrected chi connectivity index (χ0v) is 27.8. The molecule has 4 nitrogen and oxygen atoms in total. The summed E-state index contributed by atoms with van der Waals surface area (Å²) in [5.41, 5.74) is 8.46. The van der Waals surface area contributed by atoms with Gasteiger partial charge in [0.1, 0.15) is 17.7 Å². The SMILES string of the molecule is C=C(I)C(NC(Nc1ccc2c(c1)Oc1ccccc1C21c2ccccc2C2C=CC=CC21)c1ccccc1)c1ccc(C#N)cc1. The van der Waals surface area contributed by atoms with Crippen LogP contribution in [0.2, 0.25) is 0 Å². The minimum Gasteiger partial charge on any atom is -0.457 e. The highest BCUT2D eigenvalue weighted by molar-refractivity contribution is 14.1. The van der Waals surface area contributed by atoms with Gasteiger partial charge in [-0.1, -0.05) is 122 Å². The van der Waals surface area contributed by atoms with E-state index in [1.54, 1.807) is 0 Å². The van der Waals surface area contributed by atoms with Crippen LogP contribution < -0.4 is 15.4 Å². The summed E-state index contributed by atoms with van der Waals surface area (Å²) in [4.78, 5) is 0. The molecule has 2 N–H and O–H groups in total. The van der Waals surface area contributed by atoms with Crippen molar-refractivity contribution in [2.45, 2.75) is 23.5 Å². The van der Waals surface area contributed by atoms with E-state index in [1.165, 1.54) is 22.3 Å². The van der Waals surface area contributed by atoms with Crippen LogP contribution in [0.4, 0.5) is 5.69 Å². The van der Waals surface area contributed by atoms with Crippen LogP contribution in [-0.4, -0.2) is 0 Å². The average molecular weight is 722 g/mol. The van der Waals surface area contributed by atoms with E-state index in [-0.39, 0.29) is 23.5 Å². The van der Waals surface area contributed by atoms with Gasteiger partial charge in [0, 0.05) is 38.3 Å². The van der Waals surface area contributed by atoms with Gasteiger partial charge in [-0.2, -0.15) is 5.26 Å². The summed E-state index contributed by atoms with van der Waals surface area (Å²) in [5, 5.41) is 16.9. The van der Waals surface area contributed by atoms with Crippen LogP contribution in [0.5, 0.6) is 11.5 Å². The highest BCUT2D eigenvalue weighted by Crippen LogP contribution is 2.64. The summed E-state index contributed by atoms with van der Waals surface area (Å²) in [6.07, 6.45) is 8.88. The fourth-order valence-corrected chi connectivity index (χ4v) is 8.32. The van der Waals surface area contributed by atoms with Gasteiger partial charge in [-0.05, 0) is 69.1 Å². The van der Waals surface area contributed by atoms with Crippen molar-refractivity contribution < 1.29 is 4.74 Å². The van der Waals surface area contributed by atoms with Crippen LogP contribution in [0.3, 0.4) is 0 Å². The summed E-state index contributed by atoms with van der Waals surface area (Å²) in [5.74, 6) is 2.28. The fraction of sp³-hybridized carbons (Fsp3) is 0.119. The van der Waals surface area contributed by atoms with Crippen LogP contribution in [0.15, 0.2) is 156 Å². The Kier molecular flexibility index (Phi) is 7.55. The fourth-order valence-electron chi connectivity index (χ4n) is 7.78. The van der Waals surface area contributed by atoms with Gasteiger partial charge in [0.05, 0.1) is 23.1 Å². The maximum atomic E-state index is 9.33. The lowest BCUT2D eigenvalue weighted by Crippen LogP contribution is -2.37.